The number of hydrogen-bond donors (Lipinski definition) is 1. The van der Waals surface area contributed by atoms with E-state index in [0.717, 1.165) is 0 Å². The number of anilines is 2. The number of carbonyl (C=O) groups is 1. The second-order valence-corrected chi connectivity index (χ2v) is 12.9. The first-order valence-electron chi connectivity index (χ1n) is 8.63. The molecule has 0 bridgehead atoms. The third kappa shape index (κ3) is 5.77. The van der Waals surface area contributed by atoms with E-state index in [1.54, 1.807) is 0 Å². The maximum Gasteiger partial charge on any atom is 0.429 e. The molecule has 0 fully saturated rings. The van der Waals surface area contributed by atoms with Crippen molar-refractivity contribution in [1.29, 1.82) is 5.26 Å². The quantitative estimate of drug-likeness (QED) is 0.445. The maximum absolute atomic E-state index is 13.2. The van der Waals surface area contributed by atoms with Crippen LogP contribution in [0.1, 0.15) is 26.5 Å². The number of nitrogen functional groups attached to an aromatic ring is 1. The third-order valence-electron chi connectivity index (χ3n) is 3.74. The molecule has 2 N–H and O–H groups in total. The zero-order valence-corrected chi connectivity index (χ0v) is 20.8. The van der Waals surface area contributed by atoms with Gasteiger partial charge in [-0.25, -0.2) is 17.9 Å². The average Bonchev–Trinajstić information content (AvgIpc) is 2.86. The molecular weight excluding hydrogens is 556 g/mol. The summed E-state index contributed by atoms with van der Waals surface area (Å²) in [6.07, 6.45) is -0.899. The smallest absolute Gasteiger partial charge is 0.429 e. The first-order chi connectivity index (χ1) is 14.9. The van der Waals surface area contributed by atoms with Crippen LogP contribution in [0.2, 0.25) is 10.0 Å². The molecular formula is C16H16Cl2F5N5O4S2. The molecule has 0 saturated carbocycles. The van der Waals surface area contributed by atoms with Crippen molar-refractivity contribution in [2.75, 3.05) is 16.3 Å². The van der Waals surface area contributed by atoms with Crippen molar-refractivity contribution < 1.29 is 37.4 Å². The number of carbonyl (C=O) groups excluding carboxylic acids is 1. The van der Waals surface area contributed by atoms with Gasteiger partial charge in [-0.15, -0.1) is 0 Å². The molecule has 0 aliphatic carbocycles. The van der Waals surface area contributed by atoms with Gasteiger partial charge in [0.15, 0.2) is 11.5 Å². The summed E-state index contributed by atoms with van der Waals surface area (Å²) in [4.78, 5) is 10.2. The lowest BCUT2D eigenvalue weighted by Gasteiger charge is -2.40. The number of ether oxygens (including phenoxy) is 1. The highest BCUT2D eigenvalue weighted by atomic mass is 35.5. The van der Waals surface area contributed by atoms with Gasteiger partial charge in [0.1, 0.15) is 27.9 Å². The predicted molar refractivity (Wildman–Crippen MR) is 118 cm³/mol. The number of halogens is 7. The van der Waals surface area contributed by atoms with Crippen molar-refractivity contribution in [2.45, 2.75) is 31.3 Å². The number of benzene rings is 1. The Morgan fingerprint density at radius 1 is 1.21 bits per heavy atom. The topological polar surface area (TPSA) is 131 Å². The Balaban J connectivity index is 2.85. The molecule has 0 spiro atoms. The molecule has 2 aromatic rings. The molecule has 1 amide bonds. The molecule has 0 radical (unpaired) electrons. The molecule has 1 aromatic carbocycles. The van der Waals surface area contributed by atoms with E-state index in [4.69, 9.17) is 33.7 Å². The van der Waals surface area contributed by atoms with Crippen LogP contribution >= 0.6 is 33.4 Å². The molecule has 34 heavy (non-hydrogen) atoms. The first-order valence-corrected chi connectivity index (χ1v) is 13.2. The minimum absolute atomic E-state index is 0.0144. The van der Waals surface area contributed by atoms with Gasteiger partial charge in [0.05, 0.1) is 16.3 Å². The van der Waals surface area contributed by atoms with Crippen LogP contribution in [0.4, 0.5) is 35.7 Å². The first kappa shape index (κ1) is 27.8. The minimum atomic E-state index is -10.2. The molecule has 2 rings (SSSR count). The number of sulfonamides is 1. The summed E-state index contributed by atoms with van der Waals surface area (Å²) in [6, 6.07) is 1.23. The van der Waals surface area contributed by atoms with Crippen LogP contribution in [0, 0.1) is 11.3 Å². The van der Waals surface area contributed by atoms with E-state index >= 15 is 0 Å². The van der Waals surface area contributed by atoms with Crippen LogP contribution in [0.15, 0.2) is 17.0 Å². The molecule has 0 aliphatic rings. The van der Waals surface area contributed by atoms with E-state index in [9.17, 15) is 37.9 Å². The minimum Gasteiger partial charge on any atom is -0.443 e. The van der Waals surface area contributed by atoms with Gasteiger partial charge < -0.3 is 10.5 Å². The summed E-state index contributed by atoms with van der Waals surface area (Å²) in [7, 11) is -14.7. The zero-order valence-electron chi connectivity index (χ0n) is 17.6. The molecule has 190 valence electrons. The van der Waals surface area contributed by atoms with Gasteiger partial charge in [-0.05, 0) is 32.9 Å². The molecule has 18 heteroatoms. The second kappa shape index (κ2) is 7.51. The highest BCUT2D eigenvalue weighted by Crippen LogP contribution is 3.02. The Labute approximate surface area is 200 Å². The summed E-state index contributed by atoms with van der Waals surface area (Å²) in [6.45, 7) is 4.26. The summed E-state index contributed by atoms with van der Waals surface area (Å²) in [5, 5.41) is 11.1. The van der Waals surface area contributed by atoms with Crippen LogP contribution in [0.3, 0.4) is 0 Å². The second-order valence-electron chi connectivity index (χ2n) is 7.82. The highest BCUT2D eigenvalue weighted by Gasteiger charge is 2.65. The van der Waals surface area contributed by atoms with E-state index < -0.39 is 69.8 Å². The summed E-state index contributed by atoms with van der Waals surface area (Å²) in [5.74, 6) is -0.795. The summed E-state index contributed by atoms with van der Waals surface area (Å²) >= 11 is 11.5. The fourth-order valence-corrected chi connectivity index (χ4v) is 4.81. The lowest BCUT2D eigenvalue weighted by Crippen LogP contribution is -2.41. The van der Waals surface area contributed by atoms with Gasteiger partial charge in [-0.2, -0.15) is 14.7 Å². The molecule has 0 aliphatic heterocycles. The normalized spacial score (nSPS) is 14.6. The zero-order chi connectivity index (χ0) is 26.7. The number of rotatable bonds is 4. The van der Waals surface area contributed by atoms with Crippen molar-refractivity contribution in [3.05, 3.63) is 27.9 Å². The molecule has 0 saturated heterocycles. The van der Waals surface area contributed by atoms with E-state index in [-0.39, 0.29) is 16.4 Å². The van der Waals surface area contributed by atoms with Crippen LogP contribution in [0.5, 0.6) is 0 Å². The highest BCUT2D eigenvalue weighted by molar-refractivity contribution is 8.45. The standard InChI is InChI=1S/C16H16Cl2F5N5O4S2/c1-16(2,3)32-15(29)28(33(4,30)31)13-11(7-24)26-27(14(13)25)12-9(17)5-8(6-10(12)18)34(19,20,21,22)23/h5-6H,25H2,1-4H3. The number of amides is 1. The Morgan fingerprint density at radius 3 is 2.03 bits per heavy atom. The monoisotopic (exact) mass is 571 g/mol. The number of nitriles is 1. The summed E-state index contributed by atoms with van der Waals surface area (Å²) in [5.41, 5.74) is 2.39. The largest absolute Gasteiger partial charge is 0.443 e. The molecule has 1 heterocycles. The van der Waals surface area contributed by atoms with Crippen molar-refractivity contribution in [3.8, 4) is 11.8 Å². The van der Waals surface area contributed by atoms with Gasteiger partial charge >= 0.3 is 16.3 Å². The molecule has 0 atom stereocenters. The molecule has 0 unspecified atom stereocenters. The van der Waals surface area contributed by atoms with Crippen LogP contribution in [0.25, 0.3) is 5.69 Å². The predicted octanol–water partition coefficient (Wildman–Crippen LogP) is 5.99. The Kier molecular flexibility index (Phi) is 6.13. The number of hydrogen-bond acceptors (Lipinski definition) is 7. The number of aromatic nitrogens is 2. The van der Waals surface area contributed by atoms with Gasteiger partial charge in [0.25, 0.3) is 0 Å². The lowest BCUT2D eigenvalue weighted by molar-refractivity contribution is 0.0609. The Hall–Kier alpha value is -2.48. The number of nitrogens with zero attached hydrogens (tertiary/aromatic N) is 4. The van der Waals surface area contributed by atoms with Gasteiger partial charge in [-0.1, -0.05) is 42.6 Å². The van der Waals surface area contributed by atoms with Gasteiger partial charge in [0.2, 0.25) is 10.0 Å². The van der Waals surface area contributed by atoms with Crippen LogP contribution < -0.4 is 10.0 Å². The molecule has 1 aromatic heterocycles. The van der Waals surface area contributed by atoms with E-state index in [2.05, 4.69) is 5.10 Å². The van der Waals surface area contributed by atoms with Crippen LogP contribution in [-0.2, 0) is 14.8 Å². The van der Waals surface area contributed by atoms with E-state index in [1.807, 2.05) is 0 Å². The Bertz CT molecular complexity index is 1330. The van der Waals surface area contributed by atoms with Crippen molar-refractivity contribution in [2.24, 2.45) is 0 Å². The third-order valence-corrected chi connectivity index (χ3v) is 6.44. The van der Waals surface area contributed by atoms with Gasteiger partial charge in [-0.3, -0.25) is 0 Å². The van der Waals surface area contributed by atoms with E-state index in [0.29, 0.717) is 10.9 Å². The van der Waals surface area contributed by atoms with Crippen molar-refractivity contribution >= 4 is 61.0 Å². The lowest BCUT2D eigenvalue weighted by atomic mass is 10.2. The average molecular weight is 572 g/mol. The fraction of sp³-hybridized carbons (Fsp3) is 0.312. The van der Waals surface area contributed by atoms with Crippen molar-refractivity contribution in [3.63, 3.8) is 0 Å². The van der Waals surface area contributed by atoms with Crippen LogP contribution in [-0.4, -0.2) is 36.1 Å². The van der Waals surface area contributed by atoms with E-state index in [1.165, 1.54) is 26.8 Å². The number of nitrogens with two attached hydrogens (primary N) is 1. The summed E-state index contributed by atoms with van der Waals surface area (Å²) < 4.78 is 96.0. The van der Waals surface area contributed by atoms with Gasteiger partial charge in [0, 0.05) is 0 Å². The van der Waals surface area contributed by atoms with Crippen molar-refractivity contribution in [1.82, 2.24) is 9.78 Å². The Morgan fingerprint density at radius 2 is 1.68 bits per heavy atom. The maximum atomic E-state index is 13.2. The molecule has 9 nitrogen and oxygen atoms in total. The fourth-order valence-electron chi connectivity index (χ4n) is 2.53. The SMILES string of the molecule is CC(C)(C)OC(=O)N(c1c(C#N)nn(-c2c(Cl)cc(S(F)(F)(F)(F)F)cc2Cl)c1N)S(C)(=O)=O.